The largest absolute Gasteiger partial charge is 0.393 e. The van der Waals surface area contributed by atoms with Crippen LogP contribution in [0.4, 0.5) is 9.52 Å². The molecule has 2 saturated heterocycles. The van der Waals surface area contributed by atoms with Gasteiger partial charge < -0.3 is 14.9 Å². The first kappa shape index (κ1) is 16.7. The molecule has 1 amide bonds. The first-order chi connectivity index (χ1) is 12.1. The van der Waals surface area contributed by atoms with Crippen molar-refractivity contribution in [1.29, 1.82) is 0 Å². The molecule has 7 heteroatoms. The van der Waals surface area contributed by atoms with Crippen LogP contribution in [0.3, 0.4) is 0 Å². The van der Waals surface area contributed by atoms with Crippen molar-refractivity contribution >= 4 is 32.6 Å². The zero-order chi connectivity index (χ0) is 17.4. The summed E-state index contributed by atoms with van der Waals surface area (Å²) < 4.78 is 14.2. The van der Waals surface area contributed by atoms with Crippen LogP contribution in [0, 0.1) is 11.7 Å². The summed E-state index contributed by atoms with van der Waals surface area (Å²) in [5, 5.41) is 10.5. The Kier molecular flexibility index (Phi) is 4.60. The summed E-state index contributed by atoms with van der Waals surface area (Å²) in [7, 11) is 0. The molecule has 0 spiro atoms. The van der Waals surface area contributed by atoms with Crippen molar-refractivity contribution < 1.29 is 14.3 Å². The van der Waals surface area contributed by atoms with Crippen LogP contribution in [-0.4, -0.2) is 53.2 Å². The Hall–Kier alpha value is -1.73. The smallest absolute Gasteiger partial charge is 0.227 e. The highest BCUT2D eigenvalue weighted by atomic mass is 32.1. The number of rotatable bonds is 2. The minimum absolute atomic E-state index is 0.0206. The highest BCUT2D eigenvalue weighted by Crippen LogP contribution is 2.32. The van der Waals surface area contributed by atoms with E-state index in [4.69, 9.17) is 0 Å². The third-order valence-corrected chi connectivity index (χ3v) is 6.24. The van der Waals surface area contributed by atoms with E-state index >= 15 is 0 Å². The molecular weight excluding hydrogens is 341 g/mol. The average molecular weight is 363 g/mol. The van der Waals surface area contributed by atoms with Crippen molar-refractivity contribution in [2.24, 2.45) is 5.92 Å². The number of piperidine rings is 2. The van der Waals surface area contributed by atoms with Gasteiger partial charge in [-0.05, 0) is 43.9 Å². The summed E-state index contributed by atoms with van der Waals surface area (Å²) in [4.78, 5) is 21.5. The average Bonchev–Trinajstić information content (AvgIpc) is 3.05. The molecule has 3 heterocycles. The number of carbonyl (C=O) groups excluding carboxylic acids is 1. The fraction of sp³-hybridized carbons (Fsp3) is 0.556. The van der Waals surface area contributed by atoms with Crippen LogP contribution in [0.5, 0.6) is 0 Å². The molecule has 1 N–H and O–H groups in total. The van der Waals surface area contributed by atoms with E-state index in [0.29, 0.717) is 32.5 Å². The van der Waals surface area contributed by atoms with Gasteiger partial charge in [0.15, 0.2) is 5.13 Å². The van der Waals surface area contributed by atoms with Gasteiger partial charge in [0.05, 0.1) is 22.2 Å². The van der Waals surface area contributed by atoms with Gasteiger partial charge >= 0.3 is 0 Å². The highest BCUT2D eigenvalue weighted by molar-refractivity contribution is 7.22. The number of fused-ring (bicyclic) bond motifs is 1. The lowest BCUT2D eigenvalue weighted by Crippen LogP contribution is -2.48. The van der Waals surface area contributed by atoms with Gasteiger partial charge in [0.25, 0.3) is 0 Å². The third-order valence-electron chi connectivity index (χ3n) is 5.16. The summed E-state index contributed by atoms with van der Waals surface area (Å²) in [6.07, 6.45) is 2.93. The molecule has 0 aliphatic carbocycles. The van der Waals surface area contributed by atoms with Gasteiger partial charge in [0.2, 0.25) is 5.91 Å². The first-order valence-electron chi connectivity index (χ1n) is 8.88. The number of hydrogen-bond donors (Lipinski definition) is 1. The van der Waals surface area contributed by atoms with Gasteiger partial charge in [-0.25, -0.2) is 9.37 Å². The van der Waals surface area contributed by atoms with Gasteiger partial charge in [-0.3, -0.25) is 4.79 Å². The third kappa shape index (κ3) is 3.48. The number of aliphatic hydroxyl groups is 1. The molecule has 5 nitrogen and oxygen atoms in total. The van der Waals surface area contributed by atoms with Gasteiger partial charge in [-0.15, -0.1) is 0 Å². The lowest BCUT2D eigenvalue weighted by atomic mass is 9.95. The maximum atomic E-state index is 13.4. The Balaban J connectivity index is 1.47. The molecule has 2 fully saturated rings. The van der Waals surface area contributed by atoms with E-state index in [2.05, 4.69) is 9.88 Å². The van der Waals surface area contributed by atoms with E-state index in [1.54, 1.807) is 6.07 Å². The van der Waals surface area contributed by atoms with Crippen molar-refractivity contribution in [3.63, 3.8) is 0 Å². The molecule has 1 aromatic heterocycles. The monoisotopic (exact) mass is 363 g/mol. The van der Waals surface area contributed by atoms with Crippen LogP contribution in [0.2, 0.25) is 0 Å². The SMILES string of the molecule is O=C(C1CCCN(c2nc3ccc(F)cc3s2)C1)N1CCC(O)CC1. The minimum Gasteiger partial charge on any atom is -0.393 e. The highest BCUT2D eigenvalue weighted by Gasteiger charge is 2.32. The van der Waals surface area contributed by atoms with Crippen molar-refractivity contribution in [3.05, 3.63) is 24.0 Å². The Labute approximate surface area is 150 Å². The number of carbonyl (C=O) groups is 1. The second-order valence-corrected chi connectivity index (χ2v) is 7.96. The normalized spacial score (nSPS) is 22.6. The van der Waals surface area contributed by atoms with Gasteiger partial charge in [-0.1, -0.05) is 11.3 Å². The Morgan fingerprint density at radius 3 is 2.84 bits per heavy atom. The van der Waals surface area contributed by atoms with E-state index in [1.807, 2.05) is 4.90 Å². The number of aliphatic hydroxyl groups excluding tert-OH is 1. The molecule has 4 rings (SSSR count). The topological polar surface area (TPSA) is 56.7 Å². The van der Waals surface area contributed by atoms with Crippen molar-refractivity contribution in [2.45, 2.75) is 31.8 Å². The molecule has 2 aromatic rings. The summed E-state index contributed by atoms with van der Waals surface area (Å²) in [6.45, 7) is 2.85. The maximum absolute atomic E-state index is 13.4. The molecule has 1 atom stereocenters. The number of nitrogens with zero attached hydrogens (tertiary/aromatic N) is 3. The number of amides is 1. The number of benzene rings is 1. The predicted molar refractivity (Wildman–Crippen MR) is 96.3 cm³/mol. The molecule has 2 aliphatic heterocycles. The van der Waals surface area contributed by atoms with Crippen LogP contribution in [-0.2, 0) is 4.79 Å². The maximum Gasteiger partial charge on any atom is 0.227 e. The van der Waals surface area contributed by atoms with Crippen molar-refractivity contribution in [1.82, 2.24) is 9.88 Å². The molecule has 0 bridgehead atoms. The first-order valence-corrected chi connectivity index (χ1v) is 9.70. The van der Waals surface area contributed by atoms with Crippen molar-refractivity contribution in [2.75, 3.05) is 31.1 Å². The Morgan fingerprint density at radius 2 is 2.04 bits per heavy atom. The van der Waals surface area contributed by atoms with Gasteiger partial charge in [0.1, 0.15) is 5.82 Å². The number of aromatic nitrogens is 1. The van der Waals surface area contributed by atoms with Crippen LogP contribution < -0.4 is 4.90 Å². The molecule has 0 radical (unpaired) electrons. The Morgan fingerprint density at radius 1 is 1.24 bits per heavy atom. The van der Waals surface area contributed by atoms with E-state index in [1.165, 1.54) is 23.5 Å². The lowest BCUT2D eigenvalue weighted by Gasteiger charge is -2.37. The van der Waals surface area contributed by atoms with Gasteiger partial charge in [0, 0.05) is 26.2 Å². The molecule has 134 valence electrons. The number of anilines is 1. The molecule has 2 aliphatic rings. The summed E-state index contributed by atoms with van der Waals surface area (Å²) in [5.41, 5.74) is 0.805. The molecular formula is C18H22FN3O2S. The number of likely N-dealkylation sites (tertiary alicyclic amines) is 1. The van der Waals surface area contributed by atoms with Gasteiger partial charge in [-0.2, -0.15) is 0 Å². The predicted octanol–water partition coefficient (Wildman–Crippen LogP) is 2.64. The molecule has 25 heavy (non-hydrogen) atoms. The number of halogens is 1. The minimum atomic E-state index is -0.268. The second kappa shape index (κ2) is 6.88. The second-order valence-electron chi connectivity index (χ2n) is 6.95. The van der Waals surface area contributed by atoms with E-state index in [-0.39, 0.29) is 23.7 Å². The quantitative estimate of drug-likeness (QED) is 0.891. The zero-order valence-electron chi connectivity index (χ0n) is 14.0. The summed E-state index contributed by atoms with van der Waals surface area (Å²) >= 11 is 1.48. The van der Waals surface area contributed by atoms with E-state index < -0.39 is 0 Å². The van der Waals surface area contributed by atoms with E-state index in [9.17, 15) is 14.3 Å². The summed E-state index contributed by atoms with van der Waals surface area (Å²) in [6, 6.07) is 4.65. The lowest BCUT2D eigenvalue weighted by molar-refractivity contribution is -0.137. The summed E-state index contributed by atoms with van der Waals surface area (Å²) in [5.74, 6) is -0.0711. The fourth-order valence-electron chi connectivity index (χ4n) is 3.72. The molecule has 0 saturated carbocycles. The zero-order valence-corrected chi connectivity index (χ0v) is 14.8. The van der Waals surface area contributed by atoms with Crippen LogP contribution in [0.25, 0.3) is 10.2 Å². The fourth-order valence-corrected chi connectivity index (χ4v) is 4.74. The van der Waals surface area contributed by atoms with E-state index in [0.717, 1.165) is 34.7 Å². The van der Waals surface area contributed by atoms with Crippen molar-refractivity contribution in [3.8, 4) is 0 Å². The van der Waals surface area contributed by atoms with Crippen LogP contribution in [0.15, 0.2) is 18.2 Å². The standard InChI is InChI=1S/C18H22FN3O2S/c19-13-3-4-15-16(10-13)25-18(20-15)22-7-1-2-12(11-22)17(24)21-8-5-14(23)6-9-21/h3-4,10,12,14,23H,1-2,5-9,11H2. The van der Waals surface area contributed by atoms with Crippen LogP contribution in [0.1, 0.15) is 25.7 Å². The number of hydrogen-bond acceptors (Lipinski definition) is 5. The Bertz CT molecular complexity index is 773. The molecule has 1 aromatic carbocycles. The van der Waals surface area contributed by atoms with Crippen LogP contribution >= 0.6 is 11.3 Å². The molecule has 1 unspecified atom stereocenters. The number of thiazole rings is 1.